The maximum absolute atomic E-state index is 4.60. The topological polar surface area (TPSA) is 85.8 Å². The van der Waals surface area contributed by atoms with Crippen LogP contribution < -0.4 is 5.32 Å². The zero-order valence-corrected chi connectivity index (χ0v) is 12.3. The smallest absolute Gasteiger partial charge is 0.178 e. The third-order valence-corrected chi connectivity index (χ3v) is 3.85. The van der Waals surface area contributed by atoms with Crippen LogP contribution in [0.3, 0.4) is 0 Å². The minimum absolute atomic E-state index is 0.543. The molecule has 0 unspecified atom stereocenters. The molecule has 0 aliphatic heterocycles. The van der Waals surface area contributed by atoms with Crippen LogP contribution in [-0.2, 0) is 6.54 Å². The van der Waals surface area contributed by atoms with E-state index in [2.05, 4.69) is 30.8 Å². The average molecular weight is 298 g/mol. The number of fused-ring (bicyclic) bond motifs is 1. The summed E-state index contributed by atoms with van der Waals surface area (Å²) in [6, 6.07) is 3.92. The highest BCUT2D eigenvalue weighted by Crippen LogP contribution is 2.38. The van der Waals surface area contributed by atoms with Crippen LogP contribution in [0.1, 0.15) is 37.4 Å². The molecule has 3 aromatic heterocycles. The van der Waals surface area contributed by atoms with Gasteiger partial charge in [-0.25, -0.2) is 0 Å². The van der Waals surface area contributed by atoms with Gasteiger partial charge in [0.1, 0.15) is 18.5 Å². The minimum Gasteiger partial charge on any atom is -0.369 e. The second-order valence-electron chi connectivity index (χ2n) is 5.65. The molecule has 8 heteroatoms. The Kier molecular flexibility index (Phi) is 3.42. The molecule has 3 heterocycles. The van der Waals surface area contributed by atoms with Gasteiger partial charge in [0.15, 0.2) is 11.5 Å². The van der Waals surface area contributed by atoms with E-state index in [9.17, 15) is 0 Å². The highest BCUT2D eigenvalue weighted by Gasteiger charge is 2.29. The highest BCUT2D eigenvalue weighted by atomic mass is 15.4. The first-order valence-electron chi connectivity index (χ1n) is 7.69. The molecule has 0 spiro atoms. The molecule has 22 heavy (non-hydrogen) atoms. The fourth-order valence-electron chi connectivity index (χ4n) is 2.47. The van der Waals surface area contributed by atoms with Crippen molar-refractivity contribution in [2.45, 2.75) is 38.1 Å². The van der Waals surface area contributed by atoms with Gasteiger partial charge in [-0.1, -0.05) is 0 Å². The predicted molar refractivity (Wildman–Crippen MR) is 80.5 cm³/mol. The third kappa shape index (κ3) is 2.76. The van der Waals surface area contributed by atoms with Crippen LogP contribution in [0.5, 0.6) is 0 Å². The Balaban J connectivity index is 1.32. The van der Waals surface area contributed by atoms with Crippen LogP contribution in [0.2, 0.25) is 0 Å². The van der Waals surface area contributed by atoms with Crippen molar-refractivity contribution in [3.05, 3.63) is 30.6 Å². The lowest BCUT2D eigenvalue weighted by molar-refractivity contribution is 0.618. The fraction of sp³-hybridized carbons (Fsp3) is 0.500. The van der Waals surface area contributed by atoms with Gasteiger partial charge < -0.3 is 9.88 Å². The quantitative estimate of drug-likeness (QED) is 0.665. The molecule has 3 aromatic rings. The molecular weight excluding hydrogens is 280 g/mol. The van der Waals surface area contributed by atoms with Gasteiger partial charge in [-0.05, 0) is 37.8 Å². The number of hydrogen-bond acceptors (Lipinski definition) is 6. The molecule has 8 nitrogen and oxygen atoms in total. The van der Waals surface area contributed by atoms with Crippen molar-refractivity contribution in [3.63, 3.8) is 0 Å². The van der Waals surface area contributed by atoms with Crippen LogP contribution in [0.4, 0.5) is 5.82 Å². The van der Waals surface area contributed by atoms with E-state index in [1.165, 1.54) is 12.8 Å². The molecule has 0 amide bonds. The van der Waals surface area contributed by atoms with Crippen LogP contribution in [-0.4, -0.2) is 41.1 Å². The van der Waals surface area contributed by atoms with Crippen molar-refractivity contribution in [2.75, 3.05) is 11.9 Å². The first-order chi connectivity index (χ1) is 10.9. The SMILES string of the molecule is c1cc2nnc(C3CC3)n2nc1NCCCCn1cnnc1. The summed E-state index contributed by atoms with van der Waals surface area (Å²) < 4.78 is 3.86. The molecule has 1 aliphatic carbocycles. The van der Waals surface area contributed by atoms with Crippen molar-refractivity contribution in [2.24, 2.45) is 0 Å². The van der Waals surface area contributed by atoms with E-state index in [-0.39, 0.29) is 0 Å². The Morgan fingerprint density at radius 3 is 2.77 bits per heavy atom. The zero-order valence-electron chi connectivity index (χ0n) is 12.3. The van der Waals surface area contributed by atoms with E-state index in [0.29, 0.717) is 5.92 Å². The number of unbranched alkanes of at least 4 members (excludes halogenated alkanes) is 1. The lowest BCUT2D eigenvalue weighted by Gasteiger charge is -2.06. The second-order valence-corrected chi connectivity index (χ2v) is 5.65. The Bertz CT molecular complexity index is 743. The van der Waals surface area contributed by atoms with Crippen LogP contribution in [0.25, 0.3) is 5.65 Å². The van der Waals surface area contributed by atoms with Crippen molar-refractivity contribution >= 4 is 11.5 Å². The molecule has 1 aliphatic rings. The number of aromatic nitrogens is 7. The van der Waals surface area contributed by atoms with E-state index in [4.69, 9.17) is 0 Å². The Hall–Kier alpha value is -2.51. The normalized spacial score (nSPS) is 14.5. The van der Waals surface area contributed by atoms with Gasteiger partial charge in [-0.15, -0.1) is 25.5 Å². The maximum atomic E-state index is 4.60. The number of nitrogens with one attached hydrogen (secondary N) is 1. The maximum Gasteiger partial charge on any atom is 0.178 e. The summed E-state index contributed by atoms with van der Waals surface area (Å²) in [5.41, 5.74) is 0.819. The summed E-state index contributed by atoms with van der Waals surface area (Å²) in [5, 5.41) is 24.0. The van der Waals surface area contributed by atoms with Gasteiger partial charge in [0.25, 0.3) is 0 Å². The number of aryl methyl sites for hydroxylation is 1. The summed E-state index contributed by atoms with van der Waals surface area (Å²) in [6.07, 6.45) is 8.03. The summed E-state index contributed by atoms with van der Waals surface area (Å²) in [7, 11) is 0. The molecule has 4 rings (SSSR count). The molecule has 1 N–H and O–H groups in total. The lowest BCUT2D eigenvalue weighted by Crippen LogP contribution is -2.07. The van der Waals surface area contributed by atoms with Crippen molar-refractivity contribution in [3.8, 4) is 0 Å². The van der Waals surface area contributed by atoms with E-state index in [1.807, 2.05) is 21.2 Å². The summed E-state index contributed by atoms with van der Waals surface area (Å²) in [6.45, 7) is 1.83. The second kappa shape index (κ2) is 5.70. The summed E-state index contributed by atoms with van der Waals surface area (Å²) in [5.74, 6) is 2.41. The average Bonchev–Trinajstić information content (AvgIpc) is 3.09. The molecule has 0 saturated heterocycles. The molecule has 114 valence electrons. The lowest BCUT2D eigenvalue weighted by atomic mass is 10.3. The first-order valence-corrected chi connectivity index (χ1v) is 7.69. The van der Waals surface area contributed by atoms with Gasteiger partial charge >= 0.3 is 0 Å². The molecular formula is C14H18N8. The van der Waals surface area contributed by atoms with Gasteiger partial charge in [-0.3, -0.25) is 0 Å². The van der Waals surface area contributed by atoms with Crippen LogP contribution in [0, 0.1) is 0 Å². The van der Waals surface area contributed by atoms with Crippen molar-refractivity contribution in [1.82, 2.24) is 34.6 Å². The van der Waals surface area contributed by atoms with Crippen molar-refractivity contribution < 1.29 is 0 Å². The molecule has 1 fully saturated rings. The van der Waals surface area contributed by atoms with E-state index < -0.39 is 0 Å². The molecule has 0 bridgehead atoms. The van der Waals surface area contributed by atoms with Gasteiger partial charge in [0.2, 0.25) is 0 Å². The van der Waals surface area contributed by atoms with E-state index in [0.717, 1.165) is 43.2 Å². The number of anilines is 1. The number of hydrogen-bond donors (Lipinski definition) is 1. The Morgan fingerprint density at radius 2 is 1.95 bits per heavy atom. The summed E-state index contributed by atoms with van der Waals surface area (Å²) >= 11 is 0. The van der Waals surface area contributed by atoms with Crippen molar-refractivity contribution in [1.29, 1.82) is 0 Å². The van der Waals surface area contributed by atoms with Gasteiger partial charge in [0, 0.05) is 19.0 Å². The number of rotatable bonds is 7. The Morgan fingerprint density at radius 1 is 1.09 bits per heavy atom. The van der Waals surface area contributed by atoms with Gasteiger partial charge in [0.05, 0.1) is 0 Å². The van der Waals surface area contributed by atoms with E-state index in [1.54, 1.807) is 12.7 Å². The van der Waals surface area contributed by atoms with Crippen LogP contribution >= 0.6 is 0 Å². The monoisotopic (exact) mass is 298 g/mol. The fourth-order valence-corrected chi connectivity index (χ4v) is 2.47. The molecule has 0 atom stereocenters. The largest absolute Gasteiger partial charge is 0.369 e. The van der Waals surface area contributed by atoms with Crippen LogP contribution in [0.15, 0.2) is 24.8 Å². The third-order valence-electron chi connectivity index (χ3n) is 3.85. The minimum atomic E-state index is 0.543. The van der Waals surface area contributed by atoms with Gasteiger partial charge in [-0.2, -0.15) is 4.52 Å². The molecule has 0 aromatic carbocycles. The molecule has 0 radical (unpaired) electrons. The van der Waals surface area contributed by atoms with E-state index >= 15 is 0 Å². The first kappa shape index (κ1) is 13.2. The Labute approximate surface area is 127 Å². The predicted octanol–water partition coefficient (Wildman–Crippen LogP) is 1.49. The zero-order chi connectivity index (χ0) is 14.8. The highest BCUT2D eigenvalue weighted by molar-refractivity contribution is 5.44. The summed E-state index contributed by atoms with van der Waals surface area (Å²) in [4.78, 5) is 0. The standard InChI is InChI=1S/C14H18N8/c1(2-8-21-9-16-17-10-21)7-15-12-5-6-13-18-19-14(11-3-4-11)22(13)20-12/h5-6,9-11H,1-4,7-8H2,(H,15,20). The number of nitrogens with zero attached hydrogens (tertiary/aromatic N) is 7. The molecule has 1 saturated carbocycles.